The second-order valence-electron chi connectivity index (χ2n) is 7.38. The van der Waals surface area contributed by atoms with E-state index in [0.717, 1.165) is 44.6 Å². The van der Waals surface area contributed by atoms with Gasteiger partial charge >= 0.3 is 0 Å². The highest BCUT2D eigenvalue weighted by Crippen LogP contribution is 2.28. The molecule has 28 heavy (non-hydrogen) atoms. The van der Waals surface area contributed by atoms with Crippen LogP contribution in [0.3, 0.4) is 0 Å². The predicted molar refractivity (Wildman–Crippen MR) is 114 cm³/mol. The van der Waals surface area contributed by atoms with Gasteiger partial charge in [-0.05, 0) is 58.1 Å². The molecule has 1 aromatic carbocycles. The molecule has 0 aromatic heterocycles. The molecule has 0 radical (unpaired) electrons. The van der Waals surface area contributed by atoms with E-state index < -0.39 is 10.0 Å². The summed E-state index contributed by atoms with van der Waals surface area (Å²) in [4.78, 5) is 17.3. The molecule has 1 aliphatic heterocycles. The maximum atomic E-state index is 12.9. The van der Waals surface area contributed by atoms with Gasteiger partial charge in [0.05, 0.1) is 10.5 Å². The molecule has 2 rings (SSSR count). The highest BCUT2D eigenvalue weighted by molar-refractivity contribution is 7.89. The van der Waals surface area contributed by atoms with E-state index in [-0.39, 0.29) is 10.8 Å². The zero-order valence-corrected chi connectivity index (χ0v) is 18.4. The van der Waals surface area contributed by atoms with Crippen molar-refractivity contribution in [1.29, 1.82) is 0 Å². The summed E-state index contributed by atoms with van der Waals surface area (Å²) < 4.78 is 27.2. The molecular weight excluding hydrogens is 376 g/mol. The minimum absolute atomic E-state index is 0.178. The molecule has 1 N–H and O–H groups in total. The van der Waals surface area contributed by atoms with Gasteiger partial charge in [0, 0.05) is 38.4 Å². The molecule has 0 unspecified atom stereocenters. The first-order chi connectivity index (χ1) is 13.3. The van der Waals surface area contributed by atoms with Crippen LogP contribution in [0.5, 0.6) is 0 Å². The van der Waals surface area contributed by atoms with Crippen LogP contribution in [-0.2, 0) is 10.0 Å². The fourth-order valence-corrected chi connectivity index (χ4v) is 4.98. The van der Waals surface area contributed by atoms with Crippen molar-refractivity contribution in [2.75, 3.05) is 58.3 Å². The highest BCUT2D eigenvalue weighted by atomic mass is 32.2. The van der Waals surface area contributed by atoms with Crippen LogP contribution in [0.25, 0.3) is 0 Å². The second kappa shape index (κ2) is 10.2. The lowest BCUT2D eigenvalue weighted by atomic mass is 10.1. The largest absolute Gasteiger partial charge is 0.371 e. The average molecular weight is 411 g/mol. The molecule has 1 heterocycles. The number of rotatable bonds is 10. The lowest BCUT2D eigenvalue weighted by Gasteiger charge is -2.23. The topological polar surface area (TPSA) is 73.0 Å². The molecule has 1 aliphatic rings. The van der Waals surface area contributed by atoms with Crippen LogP contribution in [0.15, 0.2) is 23.1 Å². The van der Waals surface area contributed by atoms with E-state index in [0.29, 0.717) is 25.2 Å². The summed E-state index contributed by atoms with van der Waals surface area (Å²) in [6, 6.07) is 4.96. The van der Waals surface area contributed by atoms with E-state index in [1.54, 1.807) is 18.2 Å². The van der Waals surface area contributed by atoms with Gasteiger partial charge in [0.25, 0.3) is 5.91 Å². The summed E-state index contributed by atoms with van der Waals surface area (Å²) in [6.45, 7) is 7.67. The third kappa shape index (κ3) is 5.46. The number of carbonyl (C=O) groups is 1. The molecule has 1 aromatic rings. The van der Waals surface area contributed by atoms with Crippen molar-refractivity contribution in [1.82, 2.24) is 14.5 Å². The van der Waals surface area contributed by atoms with Crippen molar-refractivity contribution < 1.29 is 13.2 Å². The Hall–Kier alpha value is -1.64. The summed E-state index contributed by atoms with van der Waals surface area (Å²) in [5.74, 6) is -0.211. The number of sulfonamides is 1. The first-order valence-electron chi connectivity index (χ1n) is 10.1. The molecule has 1 fully saturated rings. The smallest absolute Gasteiger partial charge is 0.253 e. The van der Waals surface area contributed by atoms with Crippen LogP contribution >= 0.6 is 0 Å². The van der Waals surface area contributed by atoms with Crippen molar-refractivity contribution in [3.05, 3.63) is 23.8 Å². The molecule has 1 amide bonds. The first-order valence-corrected chi connectivity index (χ1v) is 11.6. The standard InChI is InChI=1S/C20H34N4O3S/c1-5-24(6-2)28(26,27)17-10-11-19(23-14-7-8-15-23)18(16-17)20(25)21-12-9-13-22(3)4/h10-11,16H,5-9,12-15H2,1-4H3,(H,21,25). The Bertz CT molecular complexity index is 755. The maximum absolute atomic E-state index is 12.9. The van der Waals surface area contributed by atoms with E-state index in [4.69, 9.17) is 0 Å². The van der Waals surface area contributed by atoms with Gasteiger partial charge in [0.2, 0.25) is 10.0 Å². The summed E-state index contributed by atoms with van der Waals surface area (Å²) in [7, 11) is 0.384. The number of hydrogen-bond acceptors (Lipinski definition) is 5. The van der Waals surface area contributed by atoms with Crippen LogP contribution in [0.1, 0.15) is 43.5 Å². The molecular formula is C20H34N4O3S. The minimum atomic E-state index is -3.61. The molecule has 7 nitrogen and oxygen atoms in total. The van der Waals surface area contributed by atoms with Gasteiger partial charge in [0.15, 0.2) is 0 Å². The van der Waals surface area contributed by atoms with Gasteiger partial charge < -0.3 is 15.1 Å². The predicted octanol–water partition coefficient (Wildman–Crippen LogP) is 2.00. The quantitative estimate of drug-likeness (QED) is 0.597. The van der Waals surface area contributed by atoms with Crippen molar-refractivity contribution in [3.8, 4) is 0 Å². The maximum Gasteiger partial charge on any atom is 0.253 e. The van der Waals surface area contributed by atoms with E-state index in [1.165, 1.54) is 4.31 Å². The molecule has 0 spiro atoms. The molecule has 8 heteroatoms. The van der Waals surface area contributed by atoms with Crippen molar-refractivity contribution in [2.45, 2.75) is 38.0 Å². The summed E-state index contributed by atoms with van der Waals surface area (Å²) >= 11 is 0. The normalized spacial score (nSPS) is 14.9. The lowest BCUT2D eigenvalue weighted by molar-refractivity contribution is 0.0952. The second-order valence-corrected chi connectivity index (χ2v) is 9.31. The number of hydrogen-bond donors (Lipinski definition) is 1. The Morgan fingerprint density at radius 3 is 2.36 bits per heavy atom. The fraction of sp³-hybridized carbons (Fsp3) is 0.650. The minimum Gasteiger partial charge on any atom is -0.371 e. The Kier molecular flexibility index (Phi) is 8.27. The Morgan fingerprint density at radius 1 is 1.14 bits per heavy atom. The van der Waals surface area contributed by atoms with Crippen molar-refractivity contribution >= 4 is 21.6 Å². The van der Waals surface area contributed by atoms with E-state index in [2.05, 4.69) is 15.1 Å². The van der Waals surface area contributed by atoms with Crippen LogP contribution in [0, 0.1) is 0 Å². The van der Waals surface area contributed by atoms with Gasteiger partial charge in [0.1, 0.15) is 0 Å². The van der Waals surface area contributed by atoms with Crippen LogP contribution in [0.4, 0.5) is 5.69 Å². The van der Waals surface area contributed by atoms with Gasteiger partial charge in [-0.3, -0.25) is 4.79 Å². The van der Waals surface area contributed by atoms with Crippen LogP contribution in [0.2, 0.25) is 0 Å². The van der Waals surface area contributed by atoms with Crippen molar-refractivity contribution in [2.24, 2.45) is 0 Å². The molecule has 0 atom stereocenters. The molecule has 0 aliphatic carbocycles. The Balaban J connectivity index is 2.31. The van der Waals surface area contributed by atoms with Gasteiger partial charge in [-0.1, -0.05) is 13.8 Å². The molecule has 158 valence electrons. The molecule has 0 saturated carbocycles. The Labute approximate surface area is 169 Å². The van der Waals surface area contributed by atoms with Gasteiger partial charge in [-0.15, -0.1) is 0 Å². The van der Waals surface area contributed by atoms with Gasteiger partial charge in [-0.2, -0.15) is 4.31 Å². The summed E-state index contributed by atoms with van der Waals surface area (Å²) in [5.41, 5.74) is 1.26. The van der Waals surface area contributed by atoms with E-state index in [9.17, 15) is 13.2 Å². The summed E-state index contributed by atoms with van der Waals surface area (Å²) in [5, 5.41) is 2.95. The van der Waals surface area contributed by atoms with E-state index >= 15 is 0 Å². The van der Waals surface area contributed by atoms with Crippen LogP contribution in [-0.4, -0.2) is 76.9 Å². The lowest BCUT2D eigenvalue weighted by Crippen LogP contribution is -2.32. The monoisotopic (exact) mass is 410 g/mol. The van der Waals surface area contributed by atoms with Gasteiger partial charge in [-0.25, -0.2) is 8.42 Å². The van der Waals surface area contributed by atoms with Crippen LogP contribution < -0.4 is 10.2 Å². The highest BCUT2D eigenvalue weighted by Gasteiger charge is 2.26. The number of amides is 1. The first kappa shape index (κ1) is 22.6. The fourth-order valence-electron chi connectivity index (χ4n) is 3.50. The number of anilines is 1. The zero-order chi connectivity index (χ0) is 20.7. The molecule has 1 saturated heterocycles. The SMILES string of the molecule is CCN(CC)S(=O)(=O)c1ccc(N2CCCC2)c(C(=O)NCCCN(C)C)c1. The number of benzene rings is 1. The molecule has 0 bridgehead atoms. The van der Waals surface area contributed by atoms with E-state index in [1.807, 2.05) is 27.9 Å². The number of carbonyl (C=O) groups excluding carboxylic acids is 1. The zero-order valence-electron chi connectivity index (χ0n) is 17.6. The third-order valence-electron chi connectivity index (χ3n) is 5.07. The summed E-state index contributed by atoms with van der Waals surface area (Å²) in [6.07, 6.45) is 3.02. The Morgan fingerprint density at radius 2 is 1.79 bits per heavy atom. The number of nitrogens with one attached hydrogen (secondary N) is 1. The van der Waals surface area contributed by atoms with Crippen molar-refractivity contribution in [3.63, 3.8) is 0 Å². The number of nitrogens with zero attached hydrogens (tertiary/aromatic N) is 3. The third-order valence-corrected chi connectivity index (χ3v) is 7.12. The average Bonchev–Trinajstić information content (AvgIpc) is 3.19.